The van der Waals surface area contributed by atoms with Gasteiger partial charge < -0.3 is 15.7 Å². The molecule has 174 valence electrons. The minimum absolute atomic E-state index is 0.265. The van der Waals surface area contributed by atoms with Crippen molar-refractivity contribution in [2.75, 3.05) is 23.7 Å². The normalized spacial score (nSPS) is 11.6. The van der Waals surface area contributed by atoms with Gasteiger partial charge in [-0.15, -0.1) is 0 Å². The Morgan fingerprint density at radius 1 is 1.12 bits per heavy atom. The number of anilines is 3. The van der Waals surface area contributed by atoms with Crippen LogP contribution in [-0.4, -0.2) is 44.6 Å². The Hall–Kier alpha value is -4.00. The quantitative estimate of drug-likeness (QED) is 0.148. The molecule has 0 saturated heterocycles. The van der Waals surface area contributed by atoms with Crippen molar-refractivity contribution < 1.29 is 9.50 Å². The molecule has 4 rings (SSSR count). The molecule has 34 heavy (non-hydrogen) atoms. The van der Waals surface area contributed by atoms with Crippen LogP contribution < -0.4 is 16.0 Å². The fraction of sp³-hybridized carbons (Fsp3) is 0.240. The second-order valence-corrected chi connectivity index (χ2v) is 7.73. The molecule has 5 N–H and O–H groups in total. The van der Waals surface area contributed by atoms with Crippen LogP contribution in [0.4, 0.5) is 21.7 Å². The molecule has 2 aromatic carbocycles. The number of fused-ring (bicyclic) bond motifs is 1. The number of hydrogen-bond acceptors (Lipinski definition) is 7. The van der Waals surface area contributed by atoms with Crippen LogP contribution in [0.5, 0.6) is 0 Å². The minimum Gasteiger partial charge on any atom is -0.385 e. The number of aliphatic hydroxyl groups is 1. The number of nitrogens with one attached hydrogen (secondary N) is 4. The molecule has 4 aromatic rings. The van der Waals surface area contributed by atoms with E-state index in [4.69, 9.17) is 0 Å². The standard InChI is InChI=1S/C25H26FN7O/c1-17(34)27-11-3-2-5-18-8-9-22-23(13-18)29-16-30-25(22)31-24-15-21(32-33-24)10-12-28-20-7-4-6-19(26)14-20/h4,6-9,13-17,27-28,34H,3,10-12H2,1H3,(H2,29,30,31,32,33). The van der Waals surface area contributed by atoms with Crippen molar-refractivity contribution in [3.05, 3.63) is 71.9 Å². The summed E-state index contributed by atoms with van der Waals surface area (Å²) in [5, 5.41) is 26.7. The molecular formula is C25H26FN7O. The molecule has 2 aromatic heterocycles. The third-order valence-corrected chi connectivity index (χ3v) is 4.98. The van der Waals surface area contributed by atoms with Crippen LogP contribution in [-0.2, 0) is 6.42 Å². The Morgan fingerprint density at radius 3 is 2.88 bits per heavy atom. The van der Waals surface area contributed by atoms with Crippen molar-refractivity contribution in [2.45, 2.75) is 26.0 Å². The molecule has 9 heteroatoms. The highest BCUT2D eigenvalue weighted by Gasteiger charge is 2.07. The number of nitrogens with zero attached hydrogens (tertiary/aromatic N) is 3. The van der Waals surface area contributed by atoms with Gasteiger partial charge in [0.15, 0.2) is 5.82 Å². The van der Waals surface area contributed by atoms with Crippen molar-refractivity contribution in [1.82, 2.24) is 25.5 Å². The first-order chi connectivity index (χ1) is 16.6. The smallest absolute Gasteiger partial charge is 0.153 e. The highest BCUT2D eigenvalue weighted by molar-refractivity contribution is 5.91. The van der Waals surface area contributed by atoms with E-state index < -0.39 is 6.23 Å². The first-order valence-corrected chi connectivity index (χ1v) is 11.0. The predicted octanol–water partition coefficient (Wildman–Crippen LogP) is 3.56. The molecule has 0 amide bonds. The summed E-state index contributed by atoms with van der Waals surface area (Å²) in [6, 6.07) is 14.1. The van der Waals surface area contributed by atoms with Gasteiger partial charge in [0.2, 0.25) is 0 Å². The summed E-state index contributed by atoms with van der Waals surface area (Å²) < 4.78 is 13.3. The summed E-state index contributed by atoms with van der Waals surface area (Å²) in [5.74, 6) is 7.25. The van der Waals surface area contributed by atoms with Crippen LogP contribution in [0.3, 0.4) is 0 Å². The summed E-state index contributed by atoms with van der Waals surface area (Å²) in [5.41, 5.74) is 3.32. The molecular weight excluding hydrogens is 433 g/mol. The van der Waals surface area contributed by atoms with Gasteiger partial charge in [-0.2, -0.15) is 5.10 Å². The van der Waals surface area contributed by atoms with Crippen molar-refractivity contribution >= 4 is 28.2 Å². The molecule has 0 aliphatic rings. The lowest BCUT2D eigenvalue weighted by molar-refractivity contribution is 0.158. The van der Waals surface area contributed by atoms with Crippen LogP contribution in [0.15, 0.2) is 54.9 Å². The third-order valence-electron chi connectivity index (χ3n) is 4.98. The summed E-state index contributed by atoms with van der Waals surface area (Å²) in [6.07, 6.45) is 2.31. The Morgan fingerprint density at radius 2 is 2.03 bits per heavy atom. The van der Waals surface area contributed by atoms with Gasteiger partial charge in [-0.1, -0.05) is 17.9 Å². The van der Waals surface area contributed by atoms with E-state index in [1.165, 1.54) is 18.5 Å². The Labute approximate surface area is 197 Å². The van der Waals surface area contributed by atoms with E-state index in [1.807, 2.05) is 30.3 Å². The van der Waals surface area contributed by atoms with Gasteiger partial charge in [0.1, 0.15) is 24.2 Å². The lowest BCUT2D eigenvalue weighted by atomic mass is 10.1. The van der Waals surface area contributed by atoms with E-state index in [0.717, 1.165) is 27.8 Å². The number of aromatic nitrogens is 4. The minimum atomic E-state index is -0.535. The zero-order valence-electron chi connectivity index (χ0n) is 18.8. The van der Waals surface area contributed by atoms with E-state index in [9.17, 15) is 9.50 Å². The van der Waals surface area contributed by atoms with Crippen LogP contribution in [0.2, 0.25) is 0 Å². The third kappa shape index (κ3) is 6.51. The molecule has 2 heterocycles. The molecule has 0 aliphatic heterocycles. The maximum atomic E-state index is 13.3. The fourth-order valence-electron chi connectivity index (χ4n) is 3.36. The van der Waals surface area contributed by atoms with E-state index in [0.29, 0.717) is 37.6 Å². The van der Waals surface area contributed by atoms with Crippen LogP contribution >= 0.6 is 0 Å². The van der Waals surface area contributed by atoms with Gasteiger partial charge >= 0.3 is 0 Å². The molecule has 0 fully saturated rings. The average Bonchev–Trinajstić information content (AvgIpc) is 3.26. The molecule has 1 unspecified atom stereocenters. The molecule has 0 aliphatic carbocycles. The lowest BCUT2D eigenvalue weighted by Crippen LogP contribution is -2.25. The lowest BCUT2D eigenvalue weighted by Gasteiger charge is -2.06. The maximum Gasteiger partial charge on any atom is 0.153 e. The zero-order valence-corrected chi connectivity index (χ0v) is 18.8. The van der Waals surface area contributed by atoms with Crippen LogP contribution in [0.1, 0.15) is 24.6 Å². The van der Waals surface area contributed by atoms with Gasteiger partial charge in [-0.25, -0.2) is 14.4 Å². The first-order valence-electron chi connectivity index (χ1n) is 11.0. The van der Waals surface area contributed by atoms with Gasteiger partial charge in [0.25, 0.3) is 0 Å². The number of benzene rings is 2. The molecule has 0 saturated carbocycles. The van der Waals surface area contributed by atoms with Crippen LogP contribution in [0, 0.1) is 17.7 Å². The summed E-state index contributed by atoms with van der Waals surface area (Å²) in [7, 11) is 0. The highest BCUT2D eigenvalue weighted by Crippen LogP contribution is 2.23. The fourth-order valence-corrected chi connectivity index (χ4v) is 3.36. The molecule has 0 radical (unpaired) electrons. The van der Waals surface area contributed by atoms with Crippen molar-refractivity contribution in [2.24, 2.45) is 0 Å². The summed E-state index contributed by atoms with van der Waals surface area (Å²) in [6.45, 7) is 2.94. The summed E-state index contributed by atoms with van der Waals surface area (Å²) in [4.78, 5) is 8.73. The van der Waals surface area contributed by atoms with Gasteiger partial charge in [0, 0.05) is 54.3 Å². The number of aromatic amines is 1. The number of hydrogen-bond donors (Lipinski definition) is 5. The number of H-pyrrole nitrogens is 1. The summed E-state index contributed by atoms with van der Waals surface area (Å²) >= 11 is 0. The van der Waals surface area contributed by atoms with Crippen LogP contribution in [0.25, 0.3) is 10.9 Å². The number of halogens is 1. The molecule has 0 spiro atoms. The number of rotatable bonds is 9. The highest BCUT2D eigenvalue weighted by atomic mass is 19.1. The zero-order chi connectivity index (χ0) is 23.8. The van der Waals surface area contributed by atoms with E-state index in [1.54, 1.807) is 13.0 Å². The van der Waals surface area contributed by atoms with Gasteiger partial charge in [-0.05, 0) is 43.3 Å². The largest absolute Gasteiger partial charge is 0.385 e. The Kier molecular flexibility index (Phi) is 7.65. The number of aliphatic hydroxyl groups excluding tert-OH is 1. The maximum absolute atomic E-state index is 13.3. The Bertz CT molecular complexity index is 1310. The molecule has 0 bridgehead atoms. The second kappa shape index (κ2) is 11.2. The monoisotopic (exact) mass is 459 g/mol. The molecule has 1 atom stereocenters. The van der Waals surface area contributed by atoms with Gasteiger partial charge in [-0.3, -0.25) is 10.4 Å². The van der Waals surface area contributed by atoms with Crippen molar-refractivity contribution in [3.63, 3.8) is 0 Å². The topological polar surface area (TPSA) is 111 Å². The van der Waals surface area contributed by atoms with Gasteiger partial charge in [0.05, 0.1) is 5.52 Å². The van der Waals surface area contributed by atoms with E-state index >= 15 is 0 Å². The second-order valence-electron chi connectivity index (χ2n) is 7.73. The SMILES string of the molecule is CC(O)NCCC#Cc1ccc2c(Nc3cc(CCNc4cccc(F)c4)[nH]n3)ncnc2c1. The average molecular weight is 460 g/mol. The van der Waals surface area contributed by atoms with Crippen molar-refractivity contribution in [3.8, 4) is 11.8 Å². The Balaban J connectivity index is 1.36. The van der Waals surface area contributed by atoms with E-state index in [2.05, 4.69) is 48.0 Å². The molecule has 8 nitrogen and oxygen atoms in total. The predicted molar refractivity (Wildman–Crippen MR) is 131 cm³/mol. The first kappa shape index (κ1) is 23.2. The van der Waals surface area contributed by atoms with Crippen molar-refractivity contribution in [1.29, 1.82) is 0 Å². The van der Waals surface area contributed by atoms with E-state index in [-0.39, 0.29) is 5.82 Å².